The number of nitrogens with one attached hydrogen (secondary N) is 4. The molecule has 5 nitrogen and oxygen atoms in total. The molecule has 0 atom stereocenters. The van der Waals surface area contributed by atoms with Gasteiger partial charge >= 0.3 is 5.96 Å². The Morgan fingerprint density at radius 3 is 3.10 bits per heavy atom. The molecule has 0 aromatic heterocycles. The van der Waals surface area contributed by atoms with Crippen molar-refractivity contribution in [3.63, 3.8) is 0 Å². The van der Waals surface area contributed by atoms with E-state index in [0.29, 0.717) is 6.61 Å². The van der Waals surface area contributed by atoms with E-state index in [4.69, 9.17) is 4.74 Å². The van der Waals surface area contributed by atoms with E-state index in [9.17, 15) is 0 Å². The van der Waals surface area contributed by atoms with Gasteiger partial charge in [0.15, 0.2) is 0 Å². The first-order valence-corrected chi connectivity index (χ1v) is 7.98. The summed E-state index contributed by atoms with van der Waals surface area (Å²) >= 11 is 3.49. The largest absolute Gasteiger partial charge is 0.493 e. The van der Waals surface area contributed by atoms with Gasteiger partial charge in [0.2, 0.25) is 0 Å². The molecule has 4 N–H and O–H groups in total. The molecule has 6 heteroatoms. The summed E-state index contributed by atoms with van der Waals surface area (Å²) in [5.74, 6) is 1.70. The normalized spacial score (nSPS) is 13.3. The van der Waals surface area contributed by atoms with Gasteiger partial charge < -0.3 is 4.74 Å². The Morgan fingerprint density at radius 1 is 1.52 bits per heavy atom. The summed E-state index contributed by atoms with van der Waals surface area (Å²) in [5.41, 5.74) is 7.85. The fourth-order valence-corrected chi connectivity index (χ4v) is 2.28. The van der Waals surface area contributed by atoms with Gasteiger partial charge in [-0.05, 0) is 24.6 Å². The summed E-state index contributed by atoms with van der Waals surface area (Å²) in [6.45, 7) is 8.77. The highest BCUT2D eigenvalue weighted by Crippen LogP contribution is 2.27. The van der Waals surface area contributed by atoms with Crippen molar-refractivity contribution in [2.45, 2.75) is 19.8 Å². The molecule has 0 spiro atoms. The van der Waals surface area contributed by atoms with Gasteiger partial charge in [0.1, 0.15) is 5.75 Å². The lowest BCUT2D eigenvalue weighted by Gasteiger charge is -2.14. The van der Waals surface area contributed by atoms with Crippen molar-refractivity contribution < 1.29 is 9.73 Å². The van der Waals surface area contributed by atoms with Crippen LogP contribution >= 0.6 is 15.9 Å². The van der Waals surface area contributed by atoms with Crippen LogP contribution in [0.4, 0.5) is 0 Å². The summed E-state index contributed by atoms with van der Waals surface area (Å²) in [4.78, 5) is 3.18. The van der Waals surface area contributed by atoms with Crippen molar-refractivity contribution >= 4 is 27.6 Å². The molecule has 1 heterocycles. The molecule has 21 heavy (non-hydrogen) atoms. The molecule has 0 saturated carbocycles. The van der Waals surface area contributed by atoms with E-state index in [-0.39, 0.29) is 0 Å². The first kappa shape index (κ1) is 15.7. The van der Waals surface area contributed by atoms with Gasteiger partial charge in [-0.3, -0.25) is 15.7 Å². The Hall–Kier alpha value is -1.69. The third kappa shape index (κ3) is 4.67. The average molecular weight is 354 g/mol. The van der Waals surface area contributed by atoms with Crippen LogP contribution in [0.2, 0.25) is 0 Å². The molecular weight excluding hydrogens is 332 g/mol. The van der Waals surface area contributed by atoms with Gasteiger partial charge in [0.05, 0.1) is 25.4 Å². The molecule has 1 aromatic carbocycles. The van der Waals surface area contributed by atoms with Crippen molar-refractivity contribution in [3.05, 3.63) is 34.8 Å². The Morgan fingerprint density at radius 2 is 2.38 bits per heavy atom. The van der Waals surface area contributed by atoms with E-state index >= 15 is 0 Å². The standard InChI is InChI=1S/C15H21BrN4O/c1-3-4-9-21-14-6-5-12(16)10-13(14)11(2)19-20-15-17-7-8-18-15/h5-6,10,19H,2-4,7-9H2,1H3,(H2,17,18,20)/p+1. The predicted octanol–water partition coefficient (Wildman–Crippen LogP) is 0.733. The second-order valence-corrected chi connectivity index (χ2v) is 5.72. The topological polar surface area (TPSA) is 59.3 Å². The lowest BCUT2D eigenvalue weighted by Crippen LogP contribution is -2.75. The number of benzene rings is 1. The summed E-state index contributed by atoms with van der Waals surface area (Å²) in [7, 11) is 0. The van der Waals surface area contributed by atoms with Crippen LogP contribution in [0.1, 0.15) is 25.3 Å². The molecular formula is C15H22BrN4O+. The van der Waals surface area contributed by atoms with Gasteiger partial charge in [-0.15, -0.1) is 0 Å². The van der Waals surface area contributed by atoms with Crippen LogP contribution in [0.25, 0.3) is 5.70 Å². The van der Waals surface area contributed by atoms with E-state index in [1.807, 2.05) is 18.2 Å². The van der Waals surface area contributed by atoms with Crippen LogP contribution in [0.3, 0.4) is 0 Å². The number of hydrogen-bond donors (Lipinski definition) is 4. The number of halogens is 1. The minimum absolute atomic E-state index is 0.715. The maximum atomic E-state index is 5.84. The molecule has 1 aliphatic heterocycles. The van der Waals surface area contributed by atoms with Crippen molar-refractivity contribution in [1.82, 2.24) is 16.2 Å². The zero-order valence-corrected chi connectivity index (χ0v) is 13.8. The predicted molar refractivity (Wildman–Crippen MR) is 88.7 cm³/mol. The average Bonchev–Trinajstić information content (AvgIpc) is 3.00. The smallest absolute Gasteiger partial charge is 0.365 e. The molecule has 2 rings (SSSR count). The molecule has 0 bridgehead atoms. The minimum Gasteiger partial charge on any atom is -0.493 e. The van der Waals surface area contributed by atoms with Crippen LogP contribution in [0, 0.1) is 0 Å². The third-order valence-electron chi connectivity index (χ3n) is 3.09. The van der Waals surface area contributed by atoms with Crippen molar-refractivity contribution in [3.8, 4) is 5.75 Å². The van der Waals surface area contributed by atoms with Gasteiger partial charge in [0.25, 0.3) is 0 Å². The Bertz CT molecular complexity index is 530. The molecule has 1 aromatic rings. The van der Waals surface area contributed by atoms with Crippen molar-refractivity contribution in [2.24, 2.45) is 0 Å². The Kier molecular flexibility index (Phi) is 5.92. The summed E-state index contributed by atoms with van der Waals surface area (Å²) in [5, 5.41) is 3.18. The lowest BCUT2D eigenvalue weighted by atomic mass is 10.1. The molecule has 0 aliphatic carbocycles. The van der Waals surface area contributed by atoms with Crippen LogP contribution in [-0.4, -0.2) is 25.7 Å². The maximum Gasteiger partial charge on any atom is 0.365 e. The zero-order valence-electron chi connectivity index (χ0n) is 12.3. The molecule has 0 unspecified atom stereocenters. The number of ether oxygens (including phenoxy) is 1. The fourth-order valence-electron chi connectivity index (χ4n) is 1.92. The zero-order chi connectivity index (χ0) is 15.1. The number of rotatable bonds is 7. The second-order valence-electron chi connectivity index (χ2n) is 4.80. The minimum atomic E-state index is 0.715. The first-order valence-electron chi connectivity index (χ1n) is 7.19. The first-order chi connectivity index (χ1) is 10.2. The maximum absolute atomic E-state index is 5.84. The van der Waals surface area contributed by atoms with Crippen molar-refractivity contribution in [2.75, 3.05) is 19.7 Å². The van der Waals surface area contributed by atoms with Crippen LogP contribution < -0.4 is 25.9 Å². The molecule has 0 radical (unpaired) electrons. The highest BCUT2D eigenvalue weighted by atomic mass is 79.9. The molecule has 0 saturated heterocycles. The third-order valence-corrected chi connectivity index (χ3v) is 3.58. The van der Waals surface area contributed by atoms with Gasteiger partial charge in [-0.2, -0.15) is 5.43 Å². The van der Waals surface area contributed by atoms with E-state index in [2.05, 4.69) is 50.6 Å². The Balaban J connectivity index is 2.01. The Labute approximate surface area is 134 Å². The van der Waals surface area contributed by atoms with Crippen LogP contribution in [0.15, 0.2) is 29.3 Å². The quantitative estimate of drug-likeness (QED) is 0.431. The molecule has 114 valence electrons. The second kappa shape index (κ2) is 7.93. The number of hydrogen-bond acceptors (Lipinski definition) is 4. The van der Waals surface area contributed by atoms with E-state index in [1.54, 1.807) is 0 Å². The van der Waals surface area contributed by atoms with Gasteiger partial charge in [0, 0.05) is 10.0 Å². The lowest BCUT2D eigenvalue weighted by molar-refractivity contribution is -0.447. The van der Waals surface area contributed by atoms with Crippen LogP contribution in [-0.2, 0) is 0 Å². The number of guanidine groups is 1. The summed E-state index contributed by atoms with van der Waals surface area (Å²) < 4.78 is 6.83. The fraction of sp³-hybridized carbons (Fsp3) is 0.400. The monoisotopic (exact) mass is 353 g/mol. The highest BCUT2D eigenvalue weighted by Gasteiger charge is 2.13. The summed E-state index contributed by atoms with van der Waals surface area (Å²) in [6.07, 6.45) is 2.15. The SMILES string of the molecule is C=C(NNC1=[NH+]CCN1)c1cc(Br)ccc1OCCCC. The van der Waals surface area contributed by atoms with E-state index < -0.39 is 0 Å². The molecule has 0 fully saturated rings. The molecule has 1 aliphatic rings. The van der Waals surface area contributed by atoms with Crippen LogP contribution in [0.5, 0.6) is 5.75 Å². The van der Waals surface area contributed by atoms with E-state index in [0.717, 1.165) is 53.4 Å². The van der Waals surface area contributed by atoms with Crippen molar-refractivity contribution in [1.29, 1.82) is 0 Å². The molecule has 0 amide bonds. The van der Waals surface area contributed by atoms with Gasteiger partial charge in [-0.25, -0.2) is 0 Å². The number of unbranched alkanes of at least 4 members (excludes halogenated alkanes) is 1. The number of hydrazine groups is 1. The summed E-state index contributed by atoms with van der Waals surface area (Å²) in [6, 6.07) is 5.93. The van der Waals surface area contributed by atoms with E-state index in [1.165, 1.54) is 0 Å². The van der Waals surface area contributed by atoms with Gasteiger partial charge in [-0.1, -0.05) is 35.9 Å². The highest BCUT2D eigenvalue weighted by molar-refractivity contribution is 9.10.